The molecule has 0 amide bonds. The van der Waals surface area contributed by atoms with Gasteiger partial charge in [-0.3, -0.25) is 0 Å². The molecule has 0 radical (unpaired) electrons. The van der Waals surface area contributed by atoms with Crippen molar-refractivity contribution in [2.24, 2.45) is 5.73 Å². The van der Waals surface area contributed by atoms with Crippen molar-refractivity contribution in [3.63, 3.8) is 0 Å². The maximum absolute atomic E-state index is 12.9. The second kappa shape index (κ2) is 7.07. The fourth-order valence-corrected chi connectivity index (χ4v) is 2.27. The minimum atomic E-state index is -5.80. The Morgan fingerprint density at radius 2 is 1.52 bits per heavy atom. The number of hydrogen-bond acceptors (Lipinski definition) is 4. The van der Waals surface area contributed by atoms with Crippen LogP contribution in [-0.4, -0.2) is 37.2 Å². The van der Waals surface area contributed by atoms with E-state index >= 15 is 0 Å². The molecule has 0 bridgehead atoms. The van der Waals surface area contributed by atoms with Crippen LogP contribution in [0.2, 0.25) is 0 Å². The molecular weight excluding hydrogens is 372 g/mol. The van der Waals surface area contributed by atoms with Gasteiger partial charge in [-0.15, -0.1) is 0 Å². The first-order valence-electron chi connectivity index (χ1n) is 8.18. The number of rotatable bonds is 5. The maximum Gasteiger partial charge on any atom is 0.499 e. The molecule has 0 aromatic heterocycles. The summed E-state index contributed by atoms with van der Waals surface area (Å²) in [6.07, 6.45) is -9.43. The normalized spacial score (nSPS) is 20.1. The van der Waals surface area contributed by atoms with Crippen molar-refractivity contribution < 1.29 is 36.0 Å². The molecule has 1 aromatic rings. The van der Waals surface area contributed by atoms with Gasteiger partial charge in [0.15, 0.2) is 0 Å². The van der Waals surface area contributed by atoms with E-state index in [1.807, 2.05) is 27.7 Å². The van der Waals surface area contributed by atoms with Gasteiger partial charge in [0.05, 0.1) is 11.2 Å². The van der Waals surface area contributed by atoms with E-state index in [-0.39, 0.29) is 6.54 Å². The first-order chi connectivity index (χ1) is 12.2. The Balaban J connectivity index is 2.17. The summed E-state index contributed by atoms with van der Waals surface area (Å²) in [5, 5.41) is 0. The van der Waals surface area contributed by atoms with Gasteiger partial charge < -0.3 is 19.8 Å². The monoisotopic (exact) mass is 393 g/mol. The lowest BCUT2D eigenvalue weighted by atomic mass is 9.77. The van der Waals surface area contributed by atoms with Crippen LogP contribution < -0.4 is 10.5 Å². The largest absolute Gasteiger partial charge is 0.499 e. The van der Waals surface area contributed by atoms with E-state index in [2.05, 4.69) is 4.74 Å². The molecule has 2 N–H and O–H groups in total. The summed E-state index contributed by atoms with van der Waals surface area (Å²) in [7, 11) is -0.689. The molecule has 0 aliphatic carbocycles. The lowest BCUT2D eigenvalue weighted by Gasteiger charge is -2.32. The predicted molar refractivity (Wildman–Crippen MR) is 91.2 cm³/mol. The fraction of sp³-hybridized carbons (Fsp3) is 0.529. The molecule has 1 saturated heterocycles. The van der Waals surface area contributed by atoms with Crippen LogP contribution in [0.4, 0.5) is 22.0 Å². The smallest absolute Gasteiger partial charge is 0.426 e. The van der Waals surface area contributed by atoms with Crippen LogP contribution in [-0.2, 0) is 9.31 Å². The number of hydrogen-bond donors (Lipinski definition) is 1. The first kappa shape index (κ1) is 21.7. The van der Waals surface area contributed by atoms with E-state index in [1.54, 1.807) is 6.08 Å². The van der Waals surface area contributed by atoms with Gasteiger partial charge in [-0.25, -0.2) is 0 Å². The minimum Gasteiger partial charge on any atom is -0.426 e. The van der Waals surface area contributed by atoms with E-state index in [1.165, 1.54) is 12.1 Å². The SMILES string of the molecule is CC1(C)OB(C(=Cc2ccc(OC(F)(F)C(F)(F)F)cc2)CN)OC1(C)C. The molecule has 150 valence electrons. The third kappa shape index (κ3) is 4.61. The Morgan fingerprint density at radius 3 is 1.93 bits per heavy atom. The van der Waals surface area contributed by atoms with Crippen molar-refractivity contribution in [2.75, 3.05) is 6.54 Å². The van der Waals surface area contributed by atoms with Crippen molar-refractivity contribution >= 4 is 13.2 Å². The third-order valence-electron chi connectivity index (χ3n) is 4.60. The standard InChI is InChI=1S/C17H21BF5NO3/c1-14(2)15(3,4)27-18(26-14)12(10-24)9-11-5-7-13(8-6-11)25-17(22,23)16(19,20)21/h5-9H,10,24H2,1-4H3. The highest BCUT2D eigenvalue weighted by Gasteiger charge is 2.61. The Labute approximate surface area is 154 Å². The Morgan fingerprint density at radius 1 is 1.04 bits per heavy atom. The Hall–Kier alpha value is -1.65. The molecule has 0 unspecified atom stereocenters. The average molecular weight is 393 g/mol. The van der Waals surface area contributed by atoms with Gasteiger partial charge in [-0.05, 0) is 50.9 Å². The van der Waals surface area contributed by atoms with E-state index in [4.69, 9.17) is 15.0 Å². The second-order valence-corrected chi connectivity index (χ2v) is 7.20. The topological polar surface area (TPSA) is 53.7 Å². The Bertz CT molecular complexity index is 686. The molecule has 10 heteroatoms. The number of benzene rings is 1. The third-order valence-corrected chi connectivity index (χ3v) is 4.60. The van der Waals surface area contributed by atoms with E-state index in [0.29, 0.717) is 11.0 Å². The molecule has 1 heterocycles. The molecule has 2 rings (SSSR count). The highest BCUT2D eigenvalue weighted by molar-refractivity contribution is 6.55. The lowest BCUT2D eigenvalue weighted by molar-refractivity contribution is -0.360. The number of ether oxygens (including phenoxy) is 1. The molecule has 0 atom stereocenters. The summed E-state index contributed by atoms with van der Waals surface area (Å²) in [5.41, 5.74) is 5.76. The van der Waals surface area contributed by atoms with Crippen molar-refractivity contribution in [3.05, 3.63) is 35.3 Å². The van der Waals surface area contributed by atoms with Crippen molar-refractivity contribution in [1.82, 2.24) is 0 Å². The summed E-state index contributed by atoms with van der Waals surface area (Å²) in [6, 6.07) is 4.71. The van der Waals surface area contributed by atoms with Gasteiger partial charge >= 0.3 is 19.4 Å². The summed E-state index contributed by atoms with van der Waals surface area (Å²) in [5.74, 6) is -0.612. The van der Waals surface area contributed by atoms with Crippen LogP contribution in [0.1, 0.15) is 33.3 Å². The van der Waals surface area contributed by atoms with Crippen LogP contribution in [0.5, 0.6) is 5.75 Å². The van der Waals surface area contributed by atoms with Gasteiger partial charge in [-0.1, -0.05) is 18.2 Å². The summed E-state index contributed by atoms with van der Waals surface area (Å²) < 4.78 is 78.0. The quantitative estimate of drug-likeness (QED) is 0.602. The number of nitrogens with two attached hydrogens (primary N) is 1. The van der Waals surface area contributed by atoms with Crippen molar-refractivity contribution in [3.8, 4) is 5.75 Å². The summed E-state index contributed by atoms with van der Waals surface area (Å²) in [4.78, 5) is 0. The minimum absolute atomic E-state index is 0.112. The lowest BCUT2D eigenvalue weighted by Crippen LogP contribution is -2.41. The fourth-order valence-electron chi connectivity index (χ4n) is 2.27. The van der Waals surface area contributed by atoms with Crippen molar-refractivity contribution in [1.29, 1.82) is 0 Å². The number of alkyl halides is 5. The summed E-state index contributed by atoms with van der Waals surface area (Å²) in [6.45, 7) is 7.64. The zero-order valence-electron chi connectivity index (χ0n) is 15.4. The average Bonchev–Trinajstić information content (AvgIpc) is 2.73. The van der Waals surface area contributed by atoms with Gasteiger partial charge in [0.1, 0.15) is 5.75 Å². The van der Waals surface area contributed by atoms with E-state index in [9.17, 15) is 22.0 Å². The number of halogens is 5. The van der Waals surface area contributed by atoms with Crippen LogP contribution in [0, 0.1) is 0 Å². The van der Waals surface area contributed by atoms with Crippen LogP contribution in [0.3, 0.4) is 0 Å². The van der Waals surface area contributed by atoms with Crippen molar-refractivity contribution in [2.45, 2.75) is 51.2 Å². The van der Waals surface area contributed by atoms with Gasteiger partial charge in [-0.2, -0.15) is 22.0 Å². The van der Waals surface area contributed by atoms with Gasteiger partial charge in [0.25, 0.3) is 0 Å². The predicted octanol–water partition coefficient (Wildman–Crippen LogP) is 4.19. The molecule has 0 spiro atoms. The molecule has 1 aliphatic rings. The maximum atomic E-state index is 12.9. The molecule has 27 heavy (non-hydrogen) atoms. The zero-order chi connectivity index (χ0) is 20.7. The van der Waals surface area contributed by atoms with Crippen LogP contribution >= 0.6 is 0 Å². The molecule has 1 fully saturated rings. The molecule has 4 nitrogen and oxygen atoms in total. The summed E-state index contributed by atoms with van der Waals surface area (Å²) >= 11 is 0. The van der Waals surface area contributed by atoms with Gasteiger partial charge in [0, 0.05) is 6.54 Å². The molecule has 1 aliphatic heterocycles. The molecule has 0 saturated carbocycles. The van der Waals surface area contributed by atoms with E-state index < -0.39 is 36.4 Å². The second-order valence-electron chi connectivity index (χ2n) is 7.20. The van der Waals surface area contributed by atoms with E-state index in [0.717, 1.165) is 12.1 Å². The first-order valence-corrected chi connectivity index (χ1v) is 8.18. The van der Waals surface area contributed by atoms with Crippen LogP contribution in [0.15, 0.2) is 29.7 Å². The zero-order valence-corrected chi connectivity index (χ0v) is 15.4. The highest BCUT2D eigenvalue weighted by Crippen LogP contribution is 2.39. The van der Waals surface area contributed by atoms with Gasteiger partial charge in [0.2, 0.25) is 0 Å². The van der Waals surface area contributed by atoms with Crippen LogP contribution in [0.25, 0.3) is 6.08 Å². The molecule has 1 aromatic carbocycles. The highest BCUT2D eigenvalue weighted by atomic mass is 19.4. The Kier molecular flexibility index (Phi) is 5.67. The molecular formula is C17H21BF5NO3.